The van der Waals surface area contributed by atoms with Crippen LogP contribution in [0.1, 0.15) is 105 Å². The van der Waals surface area contributed by atoms with Gasteiger partial charge in [-0.05, 0) is 83.9 Å². The standard InChI is InChI=1S/C24H40/c1-5-7-9-11-17-19-13-15-21(3)22(4)16-14-20-18(12-10-8-6-2)24(20,22)23(17,19)21/h17-20H,5-16H2,1-4H3/t17-,18-,19-,20-,21-,22-,23?,24?/m0/s1. The van der Waals surface area contributed by atoms with Crippen molar-refractivity contribution in [1.82, 2.24) is 0 Å². The summed E-state index contributed by atoms with van der Waals surface area (Å²) in [6.07, 6.45) is 18.3. The topological polar surface area (TPSA) is 0 Å². The molecule has 0 aromatic heterocycles. The molecular formula is C24H40. The third-order valence-electron chi connectivity index (χ3n) is 11.0. The summed E-state index contributed by atoms with van der Waals surface area (Å²) in [6.45, 7) is 10.3. The van der Waals surface area contributed by atoms with Gasteiger partial charge in [0.15, 0.2) is 0 Å². The molecule has 8 atom stereocenters. The van der Waals surface area contributed by atoms with Crippen LogP contribution >= 0.6 is 0 Å². The van der Waals surface area contributed by atoms with Crippen LogP contribution in [0.2, 0.25) is 0 Å². The molecule has 0 amide bonds. The van der Waals surface area contributed by atoms with Crippen molar-refractivity contribution in [2.24, 2.45) is 45.3 Å². The van der Waals surface area contributed by atoms with Gasteiger partial charge in [0.25, 0.3) is 0 Å². The van der Waals surface area contributed by atoms with E-state index in [9.17, 15) is 0 Å². The molecule has 0 aromatic carbocycles. The largest absolute Gasteiger partial charge is 0.0654 e. The summed E-state index contributed by atoms with van der Waals surface area (Å²) in [5.41, 5.74) is 3.16. The zero-order valence-electron chi connectivity index (χ0n) is 16.8. The normalized spacial score (nSPS) is 58.5. The second-order valence-electron chi connectivity index (χ2n) is 10.9. The van der Waals surface area contributed by atoms with E-state index in [1.165, 1.54) is 38.5 Å². The van der Waals surface area contributed by atoms with Gasteiger partial charge in [-0.3, -0.25) is 0 Å². The minimum Gasteiger partial charge on any atom is -0.0654 e. The van der Waals surface area contributed by atoms with Crippen molar-refractivity contribution in [3.05, 3.63) is 0 Å². The van der Waals surface area contributed by atoms with E-state index in [0.717, 1.165) is 45.3 Å². The molecule has 2 unspecified atom stereocenters. The second-order valence-corrected chi connectivity index (χ2v) is 10.9. The average Bonchev–Trinajstić information content (AvgIpc) is 3.36. The van der Waals surface area contributed by atoms with Crippen molar-refractivity contribution in [2.45, 2.75) is 105 Å². The lowest BCUT2D eigenvalue weighted by molar-refractivity contribution is -0.231. The number of hydrogen-bond donors (Lipinski definition) is 0. The highest BCUT2D eigenvalue weighted by atomic mass is 15.1. The molecular weight excluding hydrogens is 288 g/mol. The molecule has 0 heterocycles. The van der Waals surface area contributed by atoms with Crippen molar-refractivity contribution < 1.29 is 0 Å². The molecule has 5 aliphatic carbocycles. The van der Waals surface area contributed by atoms with Crippen LogP contribution in [-0.4, -0.2) is 0 Å². The number of hydrogen-bond acceptors (Lipinski definition) is 0. The summed E-state index contributed by atoms with van der Waals surface area (Å²) < 4.78 is 0. The first-order valence-electron chi connectivity index (χ1n) is 11.6. The van der Waals surface area contributed by atoms with Crippen LogP contribution < -0.4 is 0 Å². The fourth-order valence-corrected chi connectivity index (χ4v) is 10.5. The number of fused-ring (bicyclic) bond motifs is 1. The Morgan fingerprint density at radius 1 is 0.667 bits per heavy atom. The molecule has 0 aliphatic heterocycles. The van der Waals surface area contributed by atoms with Crippen LogP contribution in [0.25, 0.3) is 0 Å². The predicted molar refractivity (Wildman–Crippen MR) is 102 cm³/mol. The average molecular weight is 329 g/mol. The Balaban J connectivity index is 1.42. The van der Waals surface area contributed by atoms with E-state index in [1.807, 2.05) is 0 Å². The van der Waals surface area contributed by atoms with Gasteiger partial charge in [-0.25, -0.2) is 0 Å². The molecule has 5 aliphatic rings. The van der Waals surface area contributed by atoms with Gasteiger partial charge < -0.3 is 0 Å². The molecule has 5 saturated carbocycles. The van der Waals surface area contributed by atoms with Crippen molar-refractivity contribution >= 4 is 0 Å². The molecule has 0 bridgehead atoms. The fourth-order valence-electron chi connectivity index (χ4n) is 10.5. The third kappa shape index (κ3) is 1.31. The van der Waals surface area contributed by atoms with Gasteiger partial charge in [-0.15, -0.1) is 0 Å². The molecule has 136 valence electrons. The Labute approximate surface area is 150 Å². The molecule has 0 saturated heterocycles. The van der Waals surface area contributed by atoms with E-state index in [-0.39, 0.29) is 0 Å². The number of unbranched alkanes of at least 4 members (excludes halogenated alkanes) is 4. The van der Waals surface area contributed by atoms with Crippen LogP contribution in [-0.2, 0) is 0 Å². The highest BCUT2D eigenvalue weighted by Gasteiger charge is 3.03. The van der Waals surface area contributed by atoms with Crippen LogP contribution in [0.3, 0.4) is 0 Å². The van der Waals surface area contributed by atoms with E-state index in [0.29, 0.717) is 0 Å². The van der Waals surface area contributed by atoms with Crippen LogP contribution in [0.5, 0.6) is 0 Å². The molecule has 0 N–H and O–H groups in total. The summed E-state index contributed by atoms with van der Waals surface area (Å²) in [5, 5.41) is 0. The maximum atomic E-state index is 2.77. The Bertz CT molecular complexity index is 488. The summed E-state index contributed by atoms with van der Waals surface area (Å²) in [4.78, 5) is 0. The molecule has 2 spiro atoms. The highest BCUT2D eigenvalue weighted by molar-refractivity contribution is 5.50. The summed E-state index contributed by atoms with van der Waals surface area (Å²) >= 11 is 0. The molecule has 0 radical (unpaired) electrons. The number of rotatable bonds is 8. The van der Waals surface area contributed by atoms with E-state index in [1.54, 1.807) is 38.5 Å². The van der Waals surface area contributed by atoms with Crippen LogP contribution in [0, 0.1) is 45.3 Å². The SMILES string of the molecule is CCCCC[C@H]1[C@@H]2CC[C@]3(C)C12C12[C@@H](CCCCC)[C@@H]1CC[C@]23C. The second kappa shape index (κ2) is 4.83. The molecule has 0 nitrogen and oxygen atoms in total. The molecule has 24 heavy (non-hydrogen) atoms. The lowest BCUT2D eigenvalue weighted by Crippen LogP contribution is -2.65. The van der Waals surface area contributed by atoms with Crippen molar-refractivity contribution in [2.75, 3.05) is 0 Å². The minimum absolute atomic E-state index is 0.732. The Hall–Kier alpha value is 0. The minimum atomic E-state index is 0.732. The first-order valence-corrected chi connectivity index (χ1v) is 11.6. The molecule has 0 heteroatoms. The van der Waals surface area contributed by atoms with Gasteiger partial charge >= 0.3 is 0 Å². The molecule has 0 aromatic rings. The van der Waals surface area contributed by atoms with Gasteiger partial charge in [0.1, 0.15) is 0 Å². The zero-order chi connectivity index (χ0) is 16.8. The lowest BCUT2D eigenvalue weighted by atomic mass is 9.34. The first-order chi connectivity index (χ1) is 11.6. The van der Waals surface area contributed by atoms with E-state index >= 15 is 0 Å². The lowest BCUT2D eigenvalue weighted by Gasteiger charge is -2.70. The summed E-state index contributed by atoms with van der Waals surface area (Å²) in [5.74, 6) is 4.61. The fraction of sp³-hybridized carbons (Fsp3) is 1.00. The Morgan fingerprint density at radius 3 is 1.46 bits per heavy atom. The van der Waals surface area contributed by atoms with E-state index in [2.05, 4.69) is 27.7 Å². The predicted octanol–water partition coefficient (Wildman–Crippen LogP) is 7.23. The Kier molecular flexibility index (Phi) is 3.26. The zero-order valence-corrected chi connectivity index (χ0v) is 16.8. The Morgan fingerprint density at radius 2 is 1.08 bits per heavy atom. The summed E-state index contributed by atoms with van der Waals surface area (Å²) in [7, 11) is 0. The maximum Gasteiger partial charge on any atom is -0.0109 e. The van der Waals surface area contributed by atoms with Crippen LogP contribution in [0.4, 0.5) is 0 Å². The van der Waals surface area contributed by atoms with Gasteiger partial charge in [0.2, 0.25) is 0 Å². The highest BCUT2D eigenvalue weighted by Crippen LogP contribution is 3.08. The van der Waals surface area contributed by atoms with Gasteiger partial charge in [-0.1, -0.05) is 66.2 Å². The molecule has 5 fully saturated rings. The van der Waals surface area contributed by atoms with Gasteiger partial charge in [0.05, 0.1) is 0 Å². The van der Waals surface area contributed by atoms with E-state index in [4.69, 9.17) is 0 Å². The maximum absolute atomic E-state index is 2.77. The van der Waals surface area contributed by atoms with Gasteiger partial charge in [0, 0.05) is 0 Å². The monoisotopic (exact) mass is 328 g/mol. The van der Waals surface area contributed by atoms with Gasteiger partial charge in [-0.2, -0.15) is 0 Å². The molecule has 5 rings (SSSR count). The van der Waals surface area contributed by atoms with Crippen molar-refractivity contribution in [3.8, 4) is 0 Å². The van der Waals surface area contributed by atoms with E-state index < -0.39 is 0 Å². The quantitative estimate of drug-likeness (QED) is 0.412. The van der Waals surface area contributed by atoms with Crippen molar-refractivity contribution in [1.29, 1.82) is 0 Å². The first kappa shape index (κ1) is 16.2. The smallest absolute Gasteiger partial charge is 0.0109 e. The third-order valence-corrected chi connectivity index (χ3v) is 11.0. The van der Waals surface area contributed by atoms with Crippen molar-refractivity contribution in [3.63, 3.8) is 0 Å². The van der Waals surface area contributed by atoms with Crippen LogP contribution in [0.15, 0.2) is 0 Å². The summed E-state index contributed by atoms with van der Waals surface area (Å²) in [6, 6.07) is 0.